The van der Waals surface area contributed by atoms with Crippen molar-refractivity contribution >= 4 is 39.4 Å². The maximum Gasteiger partial charge on any atom is 0.410 e. The Balaban J connectivity index is 1.46. The van der Waals surface area contributed by atoms with Gasteiger partial charge < -0.3 is 19.3 Å². The van der Waals surface area contributed by atoms with Crippen LogP contribution in [0.15, 0.2) is 34.9 Å². The van der Waals surface area contributed by atoms with E-state index in [0.29, 0.717) is 13.2 Å². The number of ether oxygens (including phenoxy) is 2. The van der Waals surface area contributed by atoms with Gasteiger partial charge in [0, 0.05) is 36.3 Å². The molecule has 1 aromatic carbocycles. The first-order chi connectivity index (χ1) is 14.5. The maximum atomic E-state index is 12.1. The molecule has 0 N–H and O–H groups in total. The van der Waals surface area contributed by atoms with Crippen LogP contribution in [0.2, 0.25) is 5.02 Å². The number of halogens is 2. The lowest BCUT2D eigenvalue weighted by atomic mass is 9.81. The highest BCUT2D eigenvalue weighted by Gasteiger charge is 2.52. The third kappa shape index (κ3) is 3.23. The molecular formula is C22H23BrClN3O3. The molecule has 30 heavy (non-hydrogen) atoms. The second-order valence-electron chi connectivity index (χ2n) is 8.31. The molecular weight excluding hydrogens is 470 g/mol. The van der Waals surface area contributed by atoms with E-state index in [4.69, 9.17) is 26.1 Å². The number of carbonyl (C=O) groups is 1. The van der Waals surface area contributed by atoms with Crippen molar-refractivity contribution in [3.05, 3.63) is 51.1 Å². The number of methoxy groups -OCH3 is 1. The molecule has 0 unspecified atom stereocenters. The largest absolute Gasteiger partial charge is 0.497 e. The summed E-state index contributed by atoms with van der Waals surface area (Å²) in [4.78, 5) is 21.1. The molecule has 1 spiro atoms. The van der Waals surface area contributed by atoms with Gasteiger partial charge in [-0.05, 0) is 52.9 Å². The highest BCUT2D eigenvalue weighted by molar-refractivity contribution is 9.10. The molecule has 2 aromatic rings. The Morgan fingerprint density at radius 2 is 2.17 bits per heavy atom. The zero-order valence-corrected chi connectivity index (χ0v) is 19.1. The lowest BCUT2D eigenvalue weighted by Crippen LogP contribution is -2.37. The van der Waals surface area contributed by atoms with Crippen LogP contribution < -0.4 is 9.64 Å². The van der Waals surface area contributed by atoms with E-state index in [0.717, 1.165) is 59.0 Å². The van der Waals surface area contributed by atoms with Crippen LogP contribution in [0.3, 0.4) is 0 Å². The Kier molecular flexibility index (Phi) is 5.06. The number of aromatic nitrogens is 1. The molecule has 3 heterocycles. The molecule has 1 aliphatic carbocycles. The van der Waals surface area contributed by atoms with Gasteiger partial charge in [-0.25, -0.2) is 9.78 Å². The van der Waals surface area contributed by atoms with Crippen LogP contribution >= 0.6 is 27.5 Å². The maximum absolute atomic E-state index is 12.1. The van der Waals surface area contributed by atoms with Gasteiger partial charge in [0.2, 0.25) is 0 Å². The number of cyclic esters (lactones) is 1. The molecule has 8 heteroatoms. The molecule has 6 nitrogen and oxygen atoms in total. The minimum atomic E-state index is -0.191. The molecule has 1 saturated carbocycles. The van der Waals surface area contributed by atoms with Crippen LogP contribution in [0.4, 0.5) is 10.6 Å². The van der Waals surface area contributed by atoms with Gasteiger partial charge in [0.15, 0.2) is 0 Å². The number of carbonyl (C=O) groups excluding carboxylic acids is 1. The Morgan fingerprint density at radius 3 is 2.87 bits per heavy atom. The second-order valence-corrected chi connectivity index (χ2v) is 9.54. The van der Waals surface area contributed by atoms with Crippen molar-refractivity contribution < 1.29 is 14.3 Å². The molecule has 5 rings (SSSR count). The smallest absolute Gasteiger partial charge is 0.410 e. The quantitative estimate of drug-likeness (QED) is 0.615. The van der Waals surface area contributed by atoms with Crippen LogP contribution in [0.1, 0.15) is 30.4 Å². The second kappa shape index (κ2) is 7.61. The molecule has 2 fully saturated rings. The average Bonchev–Trinajstić information content (AvgIpc) is 3.44. The van der Waals surface area contributed by atoms with Crippen molar-refractivity contribution in [1.29, 1.82) is 0 Å². The molecule has 1 saturated heterocycles. The van der Waals surface area contributed by atoms with Crippen molar-refractivity contribution in [2.75, 3.05) is 31.7 Å². The number of benzene rings is 1. The Hall–Kier alpha value is -1.99. The lowest BCUT2D eigenvalue weighted by Gasteiger charge is -2.28. The van der Waals surface area contributed by atoms with Gasteiger partial charge in [0.1, 0.15) is 18.2 Å². The number of hydrogen-bond acceptors (Lipinski definition) is 5. The number of pyridine rings is 1. The summed E-state index contributed by atoms with van der Waals surface area (Å²) in [5.41, 5.74) is 2.20. The van der Waals surface area contributed by atoms with Gasteiger partial charge in [0.05, 0.1) is 23.1 Å². The van der Waals surface area contributed by atoms with E-state index in [1.807, 2.05) is 17.0 Å². The number of nitrogens with zero attached hydrogens (tertiary/aromatic N) is 3. The number of hydrogen-bond donors (Lipinski definition) is 0. The molecule has 1 amide bonds. The predicted octanol–water partition coefficient (Wildman–Crippen LogP) is 4.77. The van der Waals surface area contributed by atoms with Crippen molar-refractivity contribution in [1.82, 2.24) is 9.88 Å². The SMILES string of the molecule is COc1ccc(CN2C[C@@]3(CC[C@H](N4CCOC4=O)C3)c3c2ncc(Br)c3Cl)cc1. The fraction of sp³-hybridized carbons (Fsp3) is 0.455. The summed E-state index contributed by atoms with van der Waals surface area (Å²) in [7, 11) is 1.67. The van der Waals surface area contributed by atoms with E-state index >= 15 is 0 Å². The van der Waals surface area contributed by atoms with Gasteiger partial charge in [-0.15, -0.1) is 0 Å². The number of rotatable bonds is 4. The van der Waals surface area contributed by atoms with Gasteiger partial charge in [-0.1, -0.05) is 23.7 Å². The van der Waals surface area contributed by atoms with E-state index in [2.05, 4.69) is 33.0 Å². The summed E-state index contributed by atoms with van der Waals surface area (Å²) in [6, 6.07) is 8.32. The van der Waals surface area contributed by atoms with E-state index in [-0.39, 0.29) is 17.6 Å². The summed E-state index contributed by atoms with van der Waals surface area (Å²) in [5, 5.41) is 0.738. The summed E-state index contributed by atoms with van der Waals surface area (Å²) >= 11 is 10.4. The summed E-state index contributed by atoms with van der Waals surface area (Å²) in [5.74, 6) is 1.79. The fourth-order valence-corrected chi connectivity index (χ4v) is 5.87. The van der Waals surface area contributed by atoms with Gasteiger partial charge in [-0.2, -0.15) is 0 Å². The molecule has 2 aliphatic heterocycles. The molecule has 3 aliphatic rings. The molecule has 0 radical (unpaired) electrons. The van der Waals surface area contributed by atoms with Gasteiger partial charge in [0.25, 0.3) is 0 Å². The van der Waals surface area contributed by atoms with E-state index in [1.165, 1.54) is 5.56 Å². The van der Waals surface area contributed by atoms with Crippen LogP contribution in [-0.2, 0) is 16.7 Å². The Morgan fingerprint density at radius 1 is 1.37 bits per heavy atom. The monoisotopic (exact) mass is 491 g/mol. The zero-order chi connectivity index (χ0) is 20.9. The highest BCUT2D eigenvalue weighted by Crippen LogP contribution is 2.54. The third-order valence-electron chi connectivity index (χ3n) is 6.62. The summed E-state index contributed by atoms with van der Waals surface area (Å²) < 4.78 is 11.3. The first kappa shape index (κ1) is 19.9. The van der Waals surface area contributed by atoms with Crippen molar-refractivity contribution in [2.24, 2.45) is 0 Å². The van der Waals surface area contributed by atoms with Crippen LogP contribution in [0.25, 0.3) is 0 Å². The Bertz CT molecular complexity index is 986. The number of anilines is 1. The van der Waals surface area contributed by atoms with Gasteiger partial charge in [-0.3, -0.25) is 0 Å². The normalized spacial score (nSPS) is 25.2. The first-order valence-corrected chi connectivity index (χ1v) is 11.3. The predicted molar refractivity (Wildman–Crippen MR) is 118 cm³/mol. The van der Waals surface area contributed by atoms with Crippen LogP contribution in [0, 0.1) is 0 Å². The topological polar surface area (TPSA) is 54.9 Å². The lowest BCUT2D eigenvalue weighted by molar-refractivity contribution is 0.147. The van der Waals surface area contributed by atoms with Crippen molar-refractivity contribution in [3.8, 4) is 5.75 Å². The van der Waals surface area contributed by atoms with Crippen molar-refractivity contribution in [3.63, 3.8) is 0 Å². The molecule has 0 bridgehead atoms. The van der Waals surface area contributed by atoms with E-state index < -0.39 is 0 Å². The number of amides is 1. The molecule has 1 aromatic heterocycles. The highest BCUT2D eigenvalue weighted by atomic mass is 79.9. The number of fused-ring (bicyclic) bond motifs is 2. The minimum absolute atomic E-state index is 0.108. The van der Waals surface area contributed by atoms with Crippen molar-refractivity contribution in [2.45, 2.75) is 37.3 Å². The molecule has 158 valence electrons. The summed E-state index contributed by atoms with van der Waals surface area (Å²) in [6.07, 6.45) is 4.40. The van der Waals surface area contributed by atoms with Gasteiger partial charge >= 0.3 is 6.09 Å². The zero-order valence-electron chi connectivity index (χ0n) is 16.7. The standard InChI is InChI=1S/C22H23BrClN3O3/c1-29-16-4-2-14(3-5-16)12-26-13-22(18-19(24)17(23)11-25-20(18)26)7-6-15(10-22)27-8-9-30-21(27)28/h2-5,11,15H,6-10,12-13H2,1H3/t15-,22-/m0/s1. The average molecular weight is 493 g/mol. The molecule has 2 atom stereocenters. The third-order valence-corrected chi connectivity index (χ3v) is 7.85. The van der Waals surface area contributed by atoms with E-state index in [1.54, 1.807) is 13.3 Å². The van der Waals surface area contributed by atoms with E-state index in [9.17, 15) is 4.79 Å². The van der Waals surface area contributed by atoms with Crippen LogP contribution in [-0.4, -0.2) is 48.8 Å². The summed E-state index contributed by atoms with van der Waals surface area (Å²) in [6.45, 7) is 2.75. The van der Waals surface area contributed by atoms with Crippen LogP contribution in [0.5, 0.6) is 5.75 Å². The first-order valence-electron chi connectivity index (χ1n) is 10.2. The Labute approximate surface area is 189 Å². The minimum Gasteiger partial charge on any atom is -0.497 e. The fourth-order valence-electron chi connectivity index (χ4n) is 5.24.